The Morgan fingerprint density at radius 2 is 2.32 bits per heavy atom. The van der Waals surface area contributed by atoms with Crippen LogP contribution in [0.1, 0.15) is 5.56 Å². The molecule has 0 unspecified atom stereocenters. The van der Waals surface area contributed by atoms with Crippen molar-refractivity contribution < 1.29 is 14.3 Å². The Kier molecular flexibility index (Phi) is 2.59. The molecule has 0 radical (unpaired) electrons. The van der Waals surface area contributed by atoms with Crippen LogP contribution in [0, 0.1) is 0 Å². The van der Waals surface area contributed by atoms with E-state index < -0.39 is 5.91 Å². The molecule has 0 spiro atoms. The lowest BCUT2D eigenvalue weighted by Gasteiger charge is -2.24. The van der Waals surface area contributed by atoms with Crippen molar-refractivity contribution in [1.29, 1.82) is 0 Å². The summed E-state index contributed by atoms with van der Waals surface area (Å²) < 4.78 is 5.37. The number of ether oxygens (including phenoxy) is 1. The minimum Gasteiger partial charge on any atom is -0.483 e. The van der Waals surface area contributed by atoms with Crippen LogP contribution in [0.4, 0.5) is 5.69 Å². The summed E-state index contributed by atoms with van der Waals surface area (Å²) in [5, 5.41) is 2.69. The number of benzene rings is 1. The van der Waals surface area contributed by atoms with Gasteiger partial charge in [0.15, 0.2) is 6.61 Å². The van der Waals surface area contributed by atoms with E-state index in [1.54, 1.807) is 12.1 Å². The van der Waals surface area contributed by atoms with E-state index in [1.807, 2.05) is 11.0 Å². The minimum atomic E-state index is -0.532. The highest BCUT2D eigenvalue weighted by Gasteiger charge is 2.30. The maximum absolute atomic E-state index is 11.3. The second kappa shape index (κ2) is 4.27. The molecule has 1 saturated heterocycles. The predicted octanol–water partition coefficient (Wildman–Crippen LogP) is -0.516. The van der Waals surface area contributed by atoms with Crippen LogP contribution in [-0.2, 0) is 16.1 Å². The number of nitrogens with zero attached hydrogens (tertiary/aromatic N) is 2. The van der Waals surface area contributed by atoms with Gasteiger partial charge in [-0.2, -0.15) is 0 Å². The monoisotopic (exact) mass is 260 g/mol. The summed E-state index contributed by atoms with van der Waals surface area (Å²) in [5.41, 5.74) is 6.65. The van der Waals surface area contributed by atoms with Crippen LogP contribution >= 0.6 is 0 Å². The number of primary amides is 1. The third-order valence-corrected chi connectivity index (χ3v) is 2.94. The molecule has 2 aliphatic heterocycles. The minimum absolute atomic E-state index is 0.0776. The lowest BCUT2D eigenvalue weighted by atomic mass is 10.1. The fourth-order valence-corrected chi connectivity index (χ4v) is 2.13. The van der Waals surface area contributed by atoms with Crippen LogP contribution in [0.3, 0.4) is 0 Å². The van der Waals surface area contributed by atoms with Gasteiger partial charge in [0.2, 0.25) is 11.9 Å². The van der Waals surface area contributed by atoms with Gasteiger partial charge in [0.25, 0.3) is 5.91 Å². The van der Waals surface area contributed by atoms with Crippen molar-refractivity contribution in [2.45, 2.75) is 6.54 Å². The van der Waals surface area contributed by atoms with Crippen LogP contribution in [0.25, 0.3) is 0 Å². The first-order chi connectivity index (χ1) is 9.13. The third-order valence-electron chi connectivity index (χ3n) is 2.94. The molecule has 3 N–H and O–H groups in total. The van der Waals surface area contributed by atoms with Crippen molar-refractivity contribution in [2.24, 2.45) is 10.7 Å². The number of carbonyl (C=O) groups excluding carboxylic acids is 2. The third kappa shape index (κ3) is 2.10. The fourth-order valence-electron chi connectivity index (χ4n) is 2.13. The molecular formula is C12H12N4O3. The Bertz CT molecular complexity index is 597. The number of carbonyl (C=O) groups is 2. The van der Waals surface area contributed by atoms with E-state index in [-0.39, 0.29) is 19.1 Å². The summed E-state index contributed by atoms with van der Waals surface area (Å²) >= 11 is 0. The predicted molar refractivity (Wildman–Crippen MR) is 66.8 cm³/mol. The maximum Gasteiger partial charge on any atom is 0.255 e. The molecule has 0 atom stereocenters. The zero-order valence-corrected chi connectivity index (χ0v) is 10.0. The van der Waals surface area contributed by atoms with Gasteiger partial charge in [-0.1, -0.05) is 6.07 Å². The lowest BCUT2D eigenvalue weighted by molar-refractivity contribution is -0.120. The lowest BCUT2D eigenvalue weighted by Crippen LogP contribution is -2.32. The zero-order chi connectivity index (χ0) is 13.4. The van der Waals surface area contributed by atoms with Gasteiger partial charge < -0.3 is 15.4 Å². The molecule has 19 heavy (non-hydrogen) atoms. The van der Waals surface area contributed by atoms with Crippen molar-refractivity contribution in [2.75, 3.05) is 13.2 Å². The first-order valence-corrected chi connectivity index (χ1v) is 5.80. The first kappa shape index (κ1) is 11.5. The second-order valence-corrected chi connectivity index (χ2v) is 4.35. The summed E-state index contributed by atoms with van der Waals surface area (Å²) in [4.78, 5) is 28.3. The number of nitrogens with one attached hydrogen (secondary N) is 1. The summed E-state index contributed by atoms with van der Waals surface area (Å²) in [6.45, 7) is 0.620. The normalized spacial score (nSPS) is 16.3. The summed E-state index contributed by atoms with van der Waals surface area (Å²) in [6.07, 6.45) is 0. The van der Waals surface area contributed by atoms with Gasteiger partial charge in [0, 0.05) is 5.56 Å². The summed E-state index contributed by atoms with van der Waals surface area (Å²) in [5.74, 6) is 0.518. The number of nitrogens with two attached hydrogens (primary N) is 1. The molecule has 98 valence electrons. The molecule has 2 aliphatic rings. The van der Waals surface area contributed by atoms with Gasteiger partial charge in [-0.3, -0.25) is 14.9 Å². The molecule has 0 aromatic heterocycles. The van der Waals surface area contributed by atoms with Crippen LogP contribution < -0.4 is 15.8 Å². The first-order valence-electron chi connectivity index (χ1n) is 5.80. The van der Waals surface area contributed by atoms with Crippen molar-refractivity contribution in [3.05, 3.63) is 23.8 Å². The Morgan fingerprint density at radius 3 is 3.11 bits per heavy atom. The number of fused-ring (bicyclic) bond motifs is 2. The molecule has 7 nitrogen and oxygen atoms in total. The Labute approximate surface area is 109 Å². The van der Waals surface area contributed by atoms with Crippen LogP contribution in [-0.4, -0.2) is 35.8 Å². The second-order valence-electron chi connectivity index (χ2n) is 4.35. The molecule has 0 saturated carbocycles. The van der Waals surface area contributed by atoms with Gasteiger partial charge in [0.05, 0.1) is 12.2 Å². The van der Waals surface area contributed by atoms with Crippen molar-refractivity contribution in [3.8, 4) is 5.75 Å². The molecule has 1 aromatic rings. The molecular weight excluding hydrogens is 248 g/mol. The van der Waals surface area contributed by atoms with E-state index in [0.29, 0.717) is 18.3 Å². The number of hydrogen-bond donors (Lipinski definition) is 2. The Hall–Kier alpha value is -2.57. The SMILES string of the molecule is NC(=O)COc1cccc2c1CN1CC(=O)NC1=N2. The van der Waals surface area contributed by atoms with E-state index in [2.05, 4.69) is 10.3 Å². The van der Waals surface area contributed by atoms with Gasteiger partial charge in [-0.25, -0.2) is 4.99 Å². The number of aliphatic imine (C=N–C) groups is 1. The Morgan fingerprint density at radius 1 is 1.47 bits per heavy atom. The summed E-state index contributed by atoms with van der Waals surface area (Å²) in [6, 6.07) is 5.38. The van der Waals surface area contributed by atoms with E-state index in [1.165, 1.54) is 0 Å². The van der Waals surface area contributed by atoms with Gasteiger partial charge in [-0.15, -0.1) is 0 Å². The fraction of sp³-hybridized carbons (Fsp3) is 0.250. The van der Waals surface area contributed by atoms with Crippen LogP contribution in [0.5, 0.6) is 5.75 Å². The van der Waals surface area contributed by atoms with Crippen LogP contribution in [0.15, 0.2) is 23.2 Å². The van der Waals surface area contributed by atoms with E-state index in [0.717, 1.165) is 11.3 Å². The molecule has 0 aliphatic carbocycles. The van der Waals surface area contributed by atoms with Crippen molar-refractivity contribution >= 4 is 23.5 Å². The smallest absolute Gasteiger partial charge is 0.255 e. The van der Waals surface area contributed by atoms with Crippen molar-refractivity contribution in [3.63, 3.8) is 0 Å². The topological polar surface area (TPSA) is 97.0 Å². The maximum atomic E-state index is 11.3. The average Bonchev–Trinajstić information content (AvgIpc) is 2.72. The van der Waals surface area contributed by atoms with E-state index in [9.17, 15) is 9.59 Å². The zero-order valence-electron chi connectivity index (χ0n) is 10.0. The van der Waals surface area contributed by atoms with Crippen molar-refractivity contribution in [1.82, 2.24) is 10.2 Å². The average molecular weight is 260 g/mol. The summed E-state index contributed by atoms with van der Waals surface area (Å²) in [7, 11) is 0. The number of hydrogen-bond acceptors (Lipinski definition) is 5. The molecule has 2 heterocycles. The highest BCUT2D eigenvalue weighted by atomic mass is 16.5. The van der Waals surface area contributed by atoms with Gasteiger partial charge in [0.1, 0.15) is 12.3 Å². The molecule has 1 fully saturated rings. The molecule has 0 bridgehead atoms. The highest BCUT2D eigenvalue weighted by molar-refractivity contribution is 6.05. The molecule has 2 amide bonds. The largest absolute Gasteiger partial charge is 0.483 e. The van der Waals surface area contributed by atoms with Crippen LogP contribution in [0.2, 0.25) is 0 Å². The number of guanidine groups is 1. The number of amides is 2. The molecule has 1 aromatic carbocycles. The standard InChI is InChI=1S/C12H12N4O3/c13-10(17)6-19-9-3-1-2-8-7(9)4-16-5-11(18)15-12(16)14-8/h1-3H,4-6H2,(H2,13,17)(H,14,15,18). The molecule has 3 rings (SSSR count). The highest BCUT2D eigenvalue weighted by Crippen LogP contribution is 2.33. The quantitative estimate of drug-likeness (QED) is 0.764. The van der Waals surface area contributed by atoms with Gasteiger partial charge in [-0.05, 0) is 12.1 Å². The van der Waals surface area contributed by atoms with E-state index in [4.69, 9.17) is 10.5 Å². The molecule has 7 heteroatoms. The van der Waals surface area contributed by atoms with E-state index >= 15 is 0 Å². The van der Waals surface area contributed by atoms with Gasteiger partial charge >= 0.3 is 0 Å². The Balaban J connectivity index is 1.92. The number of rotatable bonds is 3.